The summed E-state index contributed by atoms with van der Waals surface area (Å²) in [4.78, 5) is 15.4. The van der Waals surface area contributed by atoms with E-state index in [1.165, 1.54) is 10.7 Å². The van der Waals surface area contributed by atoms with Gasteiger partial charge in [0, 0.05) is 12.4 Å². The predicted octanol–water partition coefficient (Wildman–Crippen LogP) is 1.55. The molecule has 1 N–H and O–H groups in total. The van der Waals surface area contributed by atoms with Crippen LogP contribution in [0, 0.1) is 0 Å². The highest BCUT2D eigenvalue weighted by atomic mass is 79.9. The van der Waals surface area contributed by atoms with Crippen LogP contribution in [0.3, 0.4) is 0 Å². The number of nitrogens with one attached hydrogen (secondary N) is 1. The third kappa shape index (κ3) is 1.02. The fourth-order valence-corrected chi connectivity index (χ4v) is 1.57. The Labute approximate surface area is 83.9 Å². The van der Waals surface area contributed by atoms with Gasteiger partial charge in [-0.3, -0.25) is 9.89 Å². The Hall–Kier alpha value is -0.620. The molecular weight excluding hydrogens is 290 g/mol. The van der Waals surface area contributed by atoms with Crippen molar-refractivity contribution in [2.24, 2.45) is 0 Å². The average molecular weight is 293 g/mol. The van der Waals surface area contributed by atoms with Crippen LogP contribution in [0.1, 0.15) is 0 Å². The Morgan fingerprint density at radius 2 is 2.17 bits per heavy atom. The molecule has 0 bridgehead atoms. The first-order valence-corrected chi connectivity index (χ1v) is 4.69. The molecule has 2 aromatic rings. The van der Waals surface area contributed by atoms with Gasteiger partial charge in [-0.1, -0.05) is 0 Å². The zero-order valence-corrected chi connectivity index (χ0v) is 8.89. The van der Waals surface area contributed by atoms with E-state index in [4.69, 9.17) is 0 Å². The van der Waals surface area contributed by atoms with E-state index < -0.39 is 0 Å². The molecule has 62 valence electrons. The quantitative estimate of drug-likeness (QED) is 0.801. The van der Waals surface area contributed by atoms with Crippen molar-refractivity contribution in [3.05, 3.63) is 31.7 Å². The maximum absolute atomic E-state index is 11.4. The number of aromatic amines is 1. The Balaban J connectivity index is 3.03. The van der Waals surface area contributed by atoms with Crippen LogP contribution in [-0.4, -0.2) is 14.6 Å². The summed E-state index contributed by atoms with van der Waals surface area (Å²) in [5.74, 6) is 0. The molecule has 2 aromatic heterocycles. The summed E-state index contributed by atoms with van der Waals surface area (Å²) in [6.45, 7) is 0. The van der Waals surface area contributed by atoms with Crippen LogP contribution < -0.4 is 5.56 Å². The molecule has 12 heavy (non-hydrogen) atoms. The largest absolute Gasteiger partial charge is 0.296 e. The molecule has 0 aliphatic heterocycles. The SMILES string of the molecule is O=c1c(Br)cnc2c(Br)c[nH]n12. The molecule has 0 unspecified atom stereocenters. The number of fused-ring (bicyclic) bond motifs is 1. The second kappa shape index (κ2) is 2.70. The van der Waals surface area contributed by atoms with Crippen molar-refractivity contribution in [3.8, 4) is 0 Å². The Kier molecular flexibility index (Phi) is 1.80. The van der Waals surface area contributed by atoms with Crippen molar-refractivity contribution in [1.82, 2.24) is 14.6 Å². The van der Waals surface area contributed by atoms with Crippen LogP contribution >= 0.6 is 31.9 Å². The molecule has 0 aromatic carbocycles. The van der Waals surface area contributed by atoms with Crippen molar-refractivity contribution in [2.45, 2.75) is 0 Å². The third-order valence-corrected chi connectivity index (χ3v) is 2.58. The standard InChI is InChI=1S/C6H3Br2N3O/c7-3-2-10-11-5(3)9-1-4(8)6(11)12/h1-2,10H. The highest BCUT2D eigenvalue weighted by Gasteiger charge is 2.05. The van der Waals surface area contributed by atoms with Crippen LogP contribution in [-0.2, 0) is 0 Å². The monoisotopic (exact) mass is 291 g/mol. The van der Waals surface area contributed by atoms with Gasteiger partial charge in [0.15, 0.2) is 5.65 Å². The van der Waals surface area contributed by atoms with Gasteiger partial charge in [-0.05, 0) is 31.9 Å². The fraction of sp³-hybridized carbons (Fsp3) is 0. The molecule has 0 spiro atoms. The lowest BCUT2D eigenvalue weighted by Crippen LogP contribution is -2.14. The average Bonchev–Trinajstić information content (AvgIpc) is 2.41. The Morgan fingerprint density at radius 1 is 1.42 bits per heavy atom. The molecule has 0 saturated heterocycles. The maximum atomic E-state index is 11.4. The summed E-state index contributed by atoms with van der Waals surface area (Å²) in [7, 11) is 0. The lowest BCUT2D eigenvalue weighted by atomic mass is 10.6. The minimum atomic E-state index is -0.147. The van der Waals surface area contributed by atoms with Gasteiger partial charge >= 0.3 is 0 Å². The van der Waals surface area contributed by atoms with Crippen LogP contribution in [0.2, 0.25) is 0 Å². The highest BCUT2D eigenvalue weighted by molar-refractivity contribution is 9.11. The van der Waals surface area contributed by atoms with Crippen molar-refractivity contribution in [3.63, 3.8) is 0 Å². The minimum absolute atomic E-state index is 0.147. The summed E-state index contributed by atoms with van der Waals surface area (Å²) >= 11 is 6.35. The van der Waals surface area contributed by atoms with Crippen molar-refractivity contribution in [2.75, 3.05) is 0 Å². The number of nitrogens with zero attached hydrogens (tertiary/aromatic N) is 2. The van der Waals surface area contributed by atoms with Gasteiger partial charge in [-0.15, -0.1) is 0 Å². The first kappa shape index (κ1) is 8.00. The van der Waals surface area contributed by atoms with Crippen LogP contribution in [0.25, 0.3) is 5.65 Å². The van der Waals surface area contributed by atoms with Gasteiger partial charge < -0.3 is 0 Å². The number of halogens is 2. The number of rotatable bonds is 0. The summed E-state index contributed by atoms with van der Waals surface area (Å²) in [6, 6.07) is 0. The molecule has 2 heterocycles. The van der Waals surface area contributed by atoms with E-state index >= 15 is 0 Å². The van der Waals surface area contributed by atoms with Crippen molar-refractivity contribution in [1.29, 1.82) is 0 Å². The van der Waals surface area contributed by atoms with Gasteiger partial charge in [0.05, 0.1) is 4.47 Å². The molecule has 0 atom stereocenters. The van der Waals surface area contributed by atoms with Gasteiger partial charge in [-0.2, -0.15) is 4.52 Å². The number of aromatic nitrogens is 3. The molecule has 6 heteroatoms. The topological polar surface area (TPSA) is 50.2 Å². The van der Waals surface area contributed by atoms with E-state index in [9.17, 15) is 4.79 Å². The maximum Gasteiger partial charge on any atom is 0.286 e. The molecule has 0 aliphatic rings. The number of hydrogen-bond acceptors (Lipinski definition) is 2. The Morgan fingerprint density at radius 3 is 2.92 bits per heavy atom. The van der Waals surface area contributed by atoms with Gasteiger partial charge in [0.25, 0.3) is 5.56 Å². The second-order valence-electron chi connectivity index (χ2n) is 2.19. The van der Waals surface area contributed by atoms with Crippen LogP contribution in [0.5, 0.6) is 0 Å². The number of H-pyrrole nitrogens is 1. The molecule has 0 radical (unpaired) electrons. The third-order valence-electron chi connectivity index (χ3n) is 1.45. The summed E-state index contributed by atoms with van der Waals surface area (Å²) in [5, 5.41) is 2.76. The normalized spacial score (nSPS) is 10.8. The van der Waals surface area contributed by atoms with Crippen LogP contribution in [0.15, 0.2) is 26.1 Å². The van der Waals surface area contributed by atoms with Crippen LogP contribution in [0.4, 0.5) is 0 Å². The minimum Gasteiger partial charge on any atom is -0.296 e. The molecule has 2 rings (SSSR count). The molecular formula is C6H3Br2N3O. The summed E-state index contributed by atoms with van der Waals surface area (Å²) in [5.41, 5.74) is 0.439. The zero-order chi connectivity index (χ0) is 8.72. The van der Waals surface area contributed by atoms with Gasteiger partial charge in [0.1, 0.15) is 4.47 Å². The summed E-state index contributed by atoms with van der Waals surface area (Å²) < 4.78 is 2.57. The van der Waals surface area contributed by atoms with E-state index in [2.05, 4.69) is 41.9 Å². The molecule has 0 fully saturated rings. The van der Waals surface area contributed by atoms with Crippen molar-refractivity contribution >= 4 is 37.5 Å². The van der Waals surface area contributed by atoms with E-state index in [1.807, 2.05) is 0 Å². The molecule has 0 amide bonds. The Bertz CT molecular complexity index is 487. The molecule has 0 aliphatic carbocycles. The summed E-state index contributed by atoms with van der Waals surface area (Å²) in [6.07, 6.45) is 3.15. The lowest BCUT2D eigenvalue weighted by Gasteiger charge is -1.92. The fourth-order valence-electron chi connectivity index (χ4n) is 0.908. The van der Waals surface area contributed by atoms with E-state index in [0.717, 1.165) is 4.47 Å². The highest BCUT2D eigenvalue weighted by Crippen LogP contribution is 2.13. The molecule has 4 nitrogen and oxygen atoms in total. The predicted molar refractivity (Wildman–Crippen MR) is 51.2 cm³/mol. The van der Waals surface area contributed by atoms with Gasteiger partial charge in [-0.25, -0.2) is 4.98 Å². The smallest absolute Gasteiger partial charge is 0.286 e. The molecule has 0 saturated carbocycles. The van der Waals surface area contributed by atoms with Crippen molar-refractivity contribution < 1.29 is 0 Å². The van der Waals surface area contributed by atoms with E-state index in [-0.39, 0.29) is 5.56 Å². The number of hydrogen-bond donors (Lipinski definition) is 1. The van der Waals surface area contributed by atoms with E-state index in [1.54, 1.807) is 6.20 Å². The second-order valence-corrected chi connectivity index (χ2v) is 3.90. The van der Waals surface area contributed by atoms with E-state index in [0.29, 0.717) is 10.1 Å². The first-order valence-electron chi connectivity index (χ1n) is 3.10. The van der Waals surface area contributed by atoms with Gasteiger partial charge in [0.2, 0.25) is 0 Å². The first-order chi connectivity index (χ1) is 5.70. The zero-order valence-electron chi connectivity index (χ0n) is 5.71. The lowest BCUT2D eigenvalue weighted by molar-refractivity contribution is 0.891.